The molecule has 0 saturated heterocycles. The van der Waals surface area contributed by atoms with Gasteiger partial charge in [-0.2, -0.15) is 5.10 Å². The summed E-state index contributed by atoms with van der Waals surface area (Å²) in [6.07, 6.45) is 2.24. The second kappa shape index (κ2) is 13.1. The molecule has 184 valence electrons. The number of hydrogen-bond donors (Lipinski definition) is 2. The number of aromatic nitrogens is 2. The van der Waals surface area contributed by atoms with Gasteiger partial charge in [0.2, 0.25) is 0 Å². The minimum atomic E-state index is -1.22. The highest BCUT2D eigenvalue weighted by atomic mass is 16.5. The van der Waals surface area contributed by atoms with Crippen LogP contribution in [0, 0.1) is 0 Å². The summed E-state index contributed by atoms with van der Waals surface area (Å²) < 4.78 is 9.79. The van der Waals surface area contributed by atoms with Crippen molar-refractivity contribution in [2.24, 2.45) is 10.1 Å². The third-order valence-corrected chi connectivity index (χ3v) is 4.73. The van der Waals surface area contributed by atoms with E-state index in [-0.39, 0.29) is 17.9 Å². The lowest BCUT2D eigenvalue weighted by molar-refractivity contribution is -0.140. The lowest BCUT2D eigenvalue weighted by Gasteiger charge is -2.08. The van der Waals surface area contributed by atoms with E-state index in [0.29, 0.717) is 17.1 Å². The molecular formula is C26H25N5O5. The van der Waals surface area contributed by atoms with Crippen molar-refractivity contribution in [3.05, 3.63) is 83.9 Å². The van der Waals surface area contributed by atoms with Crippen molar-refractivity contribution in [1.82, 2.24) is 10.2 Å². The van der Waals surface area contributed by atoms with E-state index in [4.69, 9.17) is 9.47 Å². The van der Waals surface area contributed by atoms with Crippen LogP contribution in [0.5, 0.6) is 0 Å². The third-order valence-electron chi connectivity index (χ3n) is 4.73. The number of nitrogens with one attached hydrogen (secondary N) is 1. The Kier molecular flexibility index (Phi) is 9.40. The molecule has 1 aromatic heterocycles. The summed E-state index contributed by atoms with van der Waals surface area (Å²) in [5.74, 6) is -1.53. The fourth-order valence-electron chi connectivity index (χ4n) is 2.94. The summed E-state index contributed by atoms with van der Waals surface area (Å²) >= 11 is 0. The molecule has 1 heterocycles. The van der Waals surface area contributed by atoms with E-state index in [1.807, 2.05) is 30.3 Å². The number of carbonyl (C=O) groups excluding carboxylic acids is 2. The van der Waals surface area contributed by atoms with Gasteiger partial charge in [-0.1, -0.05) is 60.7 Å². The molecule has 3 aromatic rings. The molecule has 0 aliphatic carbocycles. The number of hydrazone groups is 1. The monoisotopic (exact) mass is 487 g/mol. The first-order valence-corrected chi connectivity index (χ1v) is 11.0. The number of ether oxygens (including phenoxy) is 2. The number of aliphatic hydroxyl groups excluding tert-OH is 1. The van der Waals surface area contributed by atoms with Gasteiger partial charge >= 0.3 is 11.9 Å². The summed E-state index contributed by atoms with van der Waals surface area (Å²) in [6, 6.07) is 20.2. The zero-order chi connectivity index (χ0) is 25.8. The van der Waals surface area contributed by atoms with Crippen molar-refractivity contribution >= 4 is 35.9 Å². The molecular weight excluding hydrogens is 462 g/mol. The average Bonchev–Trinajstić information content (AvgIpc) is 2.93. The second-order valence-corrected chi connectivity index (χ2v) is 7.15. The molecule has 0 amide bonds. The van der Waals surface area contributed by atoms with E-state index >= 15 is 0 Å². The van der Waals surface area contributed by atoms with Crippen LogP contribution in [-0.4, -0.2) is 59.4 Å². The Balaban J connectivity index is 1.78. The molecule has 0 bridgehead atoms. The van der Waals surface area contributed by atoms with E-state index in [9.17, 15) is 14.7 Å². The molecule has 2 N–H and O–H groups in total. The molecule has 36 heavy (non-hydrogen) atoms. The van der Waals surface area contributed by atoms with Gasteiger partial charge in [-0.3, -0.25) is 10.4 Å². The summed E-state index contributed by atoms with van der Waals surface area (Å²) in [7, 11) is 1.20. The van der Waals surface area contributed by atoms with Crippen LogP contribution < -0.4 is 5.43 Å². The second-order valence-electron chi connectivity index (χ2n) is 7.15. The van der Waals surface area contributed by atoms with Gasteiger partial charge in [0.25, 0.3) is 0 Å². The Morgan fingerprint density at radius 1 is 1.03 bits per heavy atom. The first-order chi connectivity index (χ1) is 17.5. The lowest BCUT2D eigenvalue weighted by Crippen LogP contribution is -2.23. The summed E-state index contributed by atoms with van der Waals surface area (Å²) in [5, 5.41) is 22.8. The predicted molar refractivity (Wildman–Crippen MR) is 137 cm³/mol. The maximum atomic E-state index is 12.4. The number of esters is 2. The normalized spacial score (nSPS) is 12.7. The van der Waals surface area contributed by atoms with E-state index in [0.717, 1.165) is 11.8 Å². The van der Waals surface area contributed by atoms with Crippen molar-refractivity contribution in [3.8, 4) is 11.3 Å². The van der Waals surface area contributed by atoms with Gasteiger partial charge in [0, 0.05) is 17.3 Å². The molecule has 3 rings (SSSR count). The van der Waals surface area contributed by atoms with Crippen LogP contribution >= 0.6 is 0 Å². The summed E-state index contributed by atoms with van der Waals surface area (Å²) in [6.45, 7) is 1.73. The fraction of sp³-hybridized carbons (Fsp3) is 0.154. The van der Waals surface area contributed by atoms with Gasteiger partial charge in [-0.05, 0) is 19.1 Å². The van der Waals surface area contributed by atoms with E-state index in [2.05, 4.69) is 25.7 Å². The Morgan fingerprint density at radius 3 is 2.33 bits per heavy atom. The van der Waals surface area contributed by atoms with Crippen molar-refractivity contribution < 1.29 is 24.2 Å². The predicted octanol–water partition coefficient (Wildman–Crippen LogP) is 3.69. The molecule has 2 aromatic carbocycles. The third kappa shape index (κ3) is 7.07. The maximum Gasteiger partial charge on any atom is 0.343 e. The zero-order valence-electron chi connectivity index (χ0n) is 19.7. The number of aliphatic imine (C=N–C) groups is 1. The molecule has 1 unspecified atom stereocenters. The van der Waals surface area contributed by atoms with Crippen LogP contribution in [0.15, 0.2) is 88.5 Å². The van der Waals surface area contributed by atoms with Gasteiger partial charge in [0.05, 0.1) is 25.6 Å². The van der Waals surface area contributed by atoms with Crippen molar-refractivity contribution in [2.45, 2.75) is 13.0 Å². The molecule has 10 nitrogen and oxygen atoms in total. The molecule has 0 radical (unpaired) electrons. The van der Waals surface area contributed by atoms with Gasteiger partial charge in [0.1, 0.15) is 11.3 Å². The van der Waals surface area contributed by atoms with Crippen LogP contribution in [0.25, 0.3) is 17.0 Å². The molecule has 0 fully saturated rings. The molecule has 0 aliphatic heterocycles. The smallest absolute Gasteiger partial charge is 0.343 e. The van der Waals surface area contributed by atoms with E-state index in [1.54, 1.807) is 49.4 Å². The van der Waals surface area contributed by atoms with E-state index < -0.39 is 18.0 Å². The van der Waals surface area contributed by atoms with Gasteiger partial charge in [0.15, 0.2) is 11.9 Å². The Morgan fingerprint density at radius 2 is 1.72 bits per heavy atom. The van der Waals surface area contributed by atoms with Crippen molar-refractivity contribution in [1.29, 1.82) is 0 Å². The number of rotatable bonds is 10. The Labute approximate surface area is 208 Å². The molecule has 10 heteroatoms. The summed E-state index contributed by atoms with van der Waals surface area (Å²) in [5.41, 5.74) is 4.45. The number of benzene rings is 2. The lowest BCUT2D eigenvalue weighted by atomic mass is 10.1. The molecule has 1 atom stereocenters. The number of aliphatic hydroxyl groups is 1. The number of nitrogens with zero attached hydrogens (tertiary/aromatic N) is 4. The average molecular weight is 488 g/mol. The molecule has 0 saturated carbocycles. The highest BCUT2D eigenvalue weighted by Crippen LogP contribution is 2.17. The Bertz CT molecular complexity index is 1240. The first-order valence-electron chi connectivity index (χ1n) is 11.0. The van der Waals surface area contributed by atoms with Crippen molar-refractivity contribution in [3.63, 3.8) is 0 Å². The van der Waals surface area contributed by atoms with Crippen LogP contribution in [0.1, 0.15) is 12.5 Å². The van der Waals surface area contributed by atoms with Crippen LogP contribution in [0.3, 0.4) is 0 Å². The van der Waals surface area contributed by atoms with Crippen LogP contribution in [0.4, 0.5) is 5.82 Å². The fourth-order valence-corrected chi connectivity index (χ4v) is 2.94. The molecule has 0 spiro atoms. The van der Waals surface area contributed by atoms with Crippen molar-refractivity contribution in [2.75, 3.05) is 19.1 Å². The number of methoxy groups -OCH3 is 1. The largest absolute Gasteiger partial charge is 0.506 e. The number of hydrogen-bond acceptors (Lipinski definition) is 10. The summed E-state index contributed by atoms with van der Waals surface area (Å²) in [4.78, 5) is 28.7. The number of carbonyl (C=O) groups is 2. The quantitative estimate of drug-likeness (QED) is 0.145. The van der Waals surface area contributed by atoms with Crippen LogP contribution in [-0.2, 0) is 19.1 Å². The molecule has 0 aliphatic rings. The standard InChI is InChI=1S/C26H25N5O5/c1-3-36-25(33)20(24(32)19-12-8-5-9-13-19)16-27-22(26(34)35-2)17-28-30-23-15-14-21(29-31-23)18-10-6-4-7-11-18/h4-17,22,32H,3H2,1-2H3,(H,30,31)/b24-20+,27-16?,28-17+. The topological polar surface area (TPSA) is 135 Å². The maximum absolute atomic E-state index is 12.4. The first kappa shape index (κ1) is 25.8. The highest BCUT2D eigenvalue weighted by Gasteiger charge is 2.19. The minimum absolute atomic E-state index is 0.0914. The van der Waals surface area contributed by atoms with Gasteiger partial charge in [-0.15, -0.1) is 10.2 Å². The van der Waals surface area contributed by atoms with E-state index in [1.165, 1.54) is 13.3 Å². The highest BCUT2D eigenvalue weighted by molar-refractivity contribution is 6.15. The Hall–Kier alpha value is -4.86. The minimum Gasteiger partial charge on any atom is -0.506 e. The number of anilines is 1. The zero-order valence-corrected chi connectivity index (χ0v) is 19.7. The SMILES string of the molecule is CCOC(=O)/C(C=NC(/C=N/Nc1ccc(-c2ccccc2)nn1)C(=O)OC)=C(/O)c1ccccc1. The van der Waals surface area contributed by atoms with Gasteiger partial charge < -0.3 is 14.6 Å². The van der Waals surface area contributed by atoms with Crippen LogP contribution in [0.2, 0.25) is 0 Å². The van der Waals surface area contributed by atoms with Gasteiger partial charge in [-0.25, -0.2) is 9.59 Å².